The number of H-pyrrole nitrogens is 1. The lowest BCUT2D eigenvalue weighted by atomic mass is 10.5. The van der Waals surface area contributed by atoms with Crippen molar-refractivity contribution < 1.29 is 9.90 Å². The number of carboxylic acid groups (broad SMARTS) is 1. The van der Waals surface area contributed by atoms with Gasteiger partial charge in [-0.3, -0.25) is 20.6 Å². The van der Waals surface area contributed by atoms with Crippen LogP contribution in [0.5, 0.6) is 0 Å². The molecule has 0 unspecified atom stereocenters. The molecule has 1 aromatic rings. The highest BCUT2D eigenvalue weighted by Crippen LogP contribution is 1.90. The lowest BCUT2D eigenvalue weighted by Crippen LogP contribution is -2.28. The number of carboxylic acids is 1. The Morgan fingerprint density at radius 3 is 2.73 bits per heavy atom. The number of aryl methyl sites for hydroxylation is 1. The fraction of sp³-hybridized carbons (Fsp3) is 0.143. The highest BCUT2D eigenvalue weighted by atomic mass is 16.4. The SMILES string of the molecule is C=C(NNc1nnc(C)c(=O)[nH]1)C(=O)O. The molecule has 0 saturated carbocycles. The van der Waals surface area contributed by atoms with E-state index in [1.54, 1.807) is 0 Å². The second-order valence-electron chi connectivity index (χ2n) is 2.62. The van der Waals surface area contributed by atoms with E-state index in [1.807, 2.05) is 0 Å². The highest BCUT2D eigenvalue weighted by molar-refractivity contribution is 5.85. The minimum atomic E-state index is -1.22. The summed E-state index contributed by atoms with van der Waals surface area (Å²) in [5.74, 6) is -1.21. The number of nitrogens with zero attached hydrogens (tertiary/aromatic N) is 2. The van der Waals surface area contributed by atoms with Gasteiger partial charge in [-0.05, 0) is 6.92 Å². The highest BCUT2D eigenvalue weighted by Gasteiger charge is 2.03. The Bertz CT molecular complexity index is 452. The van der Waals surface area contributed by atoms with E-state index in [0.29, 0.717) is 0 Å². The molecular weight excluding hydrogens is 202 g/mol. The zero-order valence-corrected chi connectivity index (χ0v) is 7.87. The van der Waals surface area contributed by atoms with Gasteiger partial charge >= 0.3 is 5.97 Å². The van der Waals surface area contributed by atoms with Gasteiger partial charge in [-0.25, -0.2) is 4.79 Å². The Morgan fingerprint density at radius 2 is 2.20 bits per heavy atom. The molecule has 4 N–H and O–H groups in total. The molecule has 0 aliphatic carbocycles. The number of hydrogen-bond donors (Lipinski definition) is 4. The third kappa shape index (κ3) is 2.79. The first-order valence-corrected chi connectivity index (χ1v) is 3.88. The van der Waals surface area contributed by atoms with Gasteiger partial charge in [-0.15, -0.1) is 10.2 Å². The Balaban J connectivity index is 2.67. The predicted molar refractivity (Wildman–Crippen MR) is 50.9 cm³/mol. The third-order valence-corrected chi connectivity index (χ3v) is 1.45. The van der Waals surface area contributed by atoms with E-state index in [9.17, 15) is 9.59 Å². The smallest absolute Gasteiger partial charge is 0.353 e. The molecule has 0 bridgehead atoms. The first-order chi connectivity index (χ1) is 7.00. The number of anilines is 1. The Morgan fingerprint density at radius 1 is 1.53 bits per heavy atom. The van der Waals surface area contributed by atoms with Gasteiger partial charge in [0, 0.05) is 0 Å². The molecule has 0 atom stereocenters. The third-order valence-electron chi connectivity index (χ3n) is 1.45. The molecule has 0 aromatic carbocycles. The summed E-state index contributed by atoms with van der Waals surface area (Å²) in [4.78, 5) is 23.7. The van der Waals surface area contributed by atoms with Crippen LogP contribution in [0.25, 0.3) is 0 Å². The number of rotatable bonds is 4. The van der Waals surface area contributed by atoms with Crippen LogP contribution in [0.15, 0.2) is 17.1 Å². The number of hydrazine groups is 1. The number of aromatic amines is 1. The van der Waals surface area contributed by atoms with Gasteiger partial charge in [0.2, 0.25) is 5.95 Å². The molecule has 0 aliphatic rings. The van der Waals surface area contributed by atoms with Crippen LogP contribution >= 0.6 is 0 Å². The number of aromatic nitrogens is 3. The van der Waals surface area contributed by atoms with Crippen molar-refractivity contribution in [1.29, 1.82) is 0 Å². The van der Waals surface area contributed by atoms with Crippen LogP contribution in [-0.4, -0.2) is 26.3 Å². The second-order valence-corrected chi connectivity index (χ2v) is 2.62. The summed E-state index contributed by atoms with van der Waals surface area (Å²) in [6, 6.07) is 0. The van der Waals surface area contributed by atoms with Gasteiger partial charge in [0.1, 0.15) is 11.4 Å². The van der Waals surface area contributed by atoms with Gasteiger partial charge in [0.25, 0.3) is 5.56 Å². The van der Waals surface area contributed by atoms with Crippen molar-refractivity contribution >= 4 is 11.9 Å². The summed E-state index contributed by atoms with van der Waals surface area (Å²) in [6.45, 7) is 4.70. The van der Waals surface area contributed by atoms with Crippen LogP contribution in [0.1, 0.15) is 5.69 Å². The number of carbonyl (C=O) groups is 1. The van der Waals surface area contributed by atoms with Crippen molar-refractivity contribution in [2.75, 3.05) is 5.43 Å². The summed E-state index contributed by atoms with van der Waals surface area (Å²) in [5, 5.41) is 15.5. The molecule has 0 aliphatic heterocycles. The molecule has 80 valence electrons. The molecule has 0 saturated heterocycles. The maximum atomic E-state index is 11.1. The summed E-state index contributed by atoms with van der Waals surface area (Å²) in [5.41, 5.74) is 4.10. The van der Waals surface area contributed by atoms with Crippen LogP contribution in [0, 0.1) is 6.92 Å². The molecule has 1 aromatic heterocycles. The first-order valence-electron chi connectivity index (χ1n) is 3.88. The second kappa shape index (κ2) is 4.22. The molecule has 15 heavy (non-hydrogen) atoms. The van der Waals surface area contributed by atoms with Crippen molar-refractivity contribution in [2.45, 2.75) is 6.92 Å². The van der Waals surface area contributed by atoms with Crippen molar-refractivity contribution in [3.8, 4) is 0 Å². The van der Waals surface area contributed by atoms with Gasteiger partial charge in [-0.2, -0.15) is 0 Å². The van der Waals surface area contributed by atoms with Gasteiger partial charge in [0.15, 0.2) is 0 Å². The van der Waals surface area contributed by atoms with E-state index < -0.39 is 11.5 Å². The molecule has 1 heterocycles. The van der Waals surface area contributed by atoms with E-state index in [2.05, 4.69) is 32.6 Å². The standard InChI is InChI=1S/C7H9N5O3/c1-3-5(13)8-7(11-9-3)12-10-4(2)6(14)15/h10H,2H2,1H3,(H,14,15)(H2,8,11,12,13). The normalized spacial score (nSPS) is 9.40. The summed E-state index contributed by atoms with van der Waals surface area (Å²) in [6.07, 6.45) is 0. The van der Waals surface area contributed by atoms with E-state index in [4.69, 9.17) is 5.11 Å². The lowest BCUT2D eigenvalue weighted by molar-refractivity contribution is -0.133. The predicted octanol–water partition coefficient (Wildman–Crippen LogP) is -1.01. The van der Waals surface area contributed by atoms with Crippen molar-refractivity contribution in [3.05, 3.63) is 28.3 Å². The minimum absolute atomic E-state index is 0.00741. The fourth-order valence-electron chi connectivity index (χ4n) is 0.638. The average Bonchev–Trinajstić information content (AvgIpc) is 2.19. The molecule has 0 amide bonds. The van der Waals surface area contributed by atoms with Crippen LogP contribution in [0.4, 0.5) is 5.95 Å². The van der Waals surface area contributed by atoms with Crippen molar-refractivity contribution in [1.82, 2.24) is 20.6 Å². The summed E-state index contributed by atoms with van der Waals surface area (Å²) < 4.78 is 0. The van der Waals surface area contributed by atoms with Crippen molar-refractivity contribution in [2.24, 2.45) is 0 Å². The van der Waals surface area contributed by atoms with Crippen LogP contribution in [0.3, 0.4) is 0 Å². The van der Waals surface area contributed by atoms with Crippen LogP contribution in [0.2, 0.25) is 0 Å². The van der Waals surface area contributed by atoms with Gasteiger partial charge in [0.05, 0.1) is 0 Å². The lowest BCUT2D eigenvalue weighted by Gasteiger charge is -2.06. The largest absolute Gasteiger partial charge is 0.477 e. The Kier molecular flexibility index (Phi) is 3.01. The van der Waals surface area contributed by atoms with E-state index >= 15 is 0 Å². The fourth-order valence-corrected chi connectivity index (χ4v) is 0.638. The first kappa shape index (κ1) is 10.7. The number of aliphatic carboxylic acids is 1. The summed E-state index contributed by atoms with van der Waals surface area (Å²) in [7, 11) is 0. The van der Waals surface area contributed by atoms with Crippen LogP contribution in [-0.2, 0) is 4.79 Å². The van der Waals surface area contributed by atoms with E-state index in [-0.39, 0.29) is 17.3 Å². The Labute approximate surface area is 84.0 Å². The zero-order chi connectivity index (χ0) is 11.4. The number of nitrogens with one attached hydrogen (secondary N) is 3. The molecule has 0 radical (unpaired) electrons. The van der Waals surface area contributed by atoms with Crippen molar-refractivity contribution in [3.63, 3.8) is 0 Å². The minimum Gasteiger partial charge on any atom is -0.477 e. The molecule has 1 rings (SSSR count). The maximum Gasteiger partial charge on any atom is 0.353 e. The van der Waals surface area contributed by atoms with E-state index in [0.717, 1.165) is 0 Å². The molecule has 0 fully saturated rings. The zero-order valence-electron chi connectivity index (χ0n) is 7.87. The quantitative estimate of drug-likeness (QED) is 0.372. The maximum absolute atomic E-state index is 11.1. The van der Waals surface area contributed by atoms with Gasteiger partial charge in [-0.1, -0.05) is 6.58 Å². The van der Waals surface area contributed by atoms with Crippen LogP contribution < -0.4 is 16.4 Å². The molecule has 8 nitrogen and oxygen atoms in total. The molecular formula is C7H9N5O3. The topological polar surface area (TPSA) is 120 Å². The van der Waals surface area contributed by atoms with Gasteiger partial charge < -0.3 is 5.11 Å². The average molecular weight is 211 g/mol. The van der Waals surface area contributed by atoms with E-state index in [1.165, 1.54) is 6.92 Å². The monoisotopic (exact) mass is 211 g/mol. The molecule has 8 heteroatoms. The summed E-state index contributed by atoms with van der Waals surface area (Å²) >= 11 is 0. The number of hydrogen-bond acceptors (Lipinski definition) is 6. The Hall–Kier alpha value is -2.38. The molecule has 0 spiro atoms.